The summed E-state index contributed by atoms with van der Waals surface area (Å²) in [6.07, 6.45) is 5.52. The molecule has 1 fully saturated rings. The lowest BCUT2D eigenvalue weighted by atomic mass is 9.79. The highest BCUT2D eigenvalue weighted by atomic mass is 16.5. The zero-order valence-electron chi connectivity index (χ0n) is 11.8. The van der Waals surface area contributed by atoms with Crippen LogP contribution in [0.4, 0.5) is 0 Å². The summed E-state index contributed by atoms with van der Waals surface area (Å²) < 4.78 is 16.8. The van der Waals surface area contributed by atoms with Gasteiger partial charge in [0.2, 0.25) is 0 Å². The van der Waals surface area contributed by atoms with Gasteiger partial charge >= 0.3 is 0 Å². The van der Waals surface area contributed by atoms with E-state index in [1.807, 2.05) is 0 Å². The second kappa shape index (κ2) is 7.34. The predicted molar refractivity (Wildman–Crippen MR) is 69.2 cm³/mol. The number of methoxy groups -OCH3 is 2. The van der Waals surface area contributed by atoms with Gasteiger partial charge in [0.1, 0.15) is 0 Å². The Kier molecular flexibility index (Phi) is 6.45. The first-order valence-corrected chi connectivity index (χ1v) is 6.74. The number of hydrogen-bond donors (Lipinski definition) is 0. The van der Waals surface area contributed by atoms with Crippen LogP contribution in [0.25, 0.3) is 0 Å². The molecule has 0 heterocycles. The van der Waals surface area contributed by atoms with Crippen LogP contribution in [0.3, 0.4) is 0 Å². The van der Waals surface area contributed by atoms with Gasteiger partial charge in [-0.1, -0.05) is 26.7 Å². The van der Waals surface area contributed by atoms with Crippen LogP contribution in [0.5, 0.6) is 0 Å². The molecule has 0 spiro atoms. The molecule has 0 atom stereocenters. The Morgan fingerprint density at radius 2 is 1.53 bits per heavy atom. The van der Waals surface area contributed by atoms with Crippen molar-refractivity contribution >= 4 is 0 Å². The summed E-state index contributed by atoms with van der Waals surface area (Å²) in [4.78, 5) is 0. The lowest BCUT2D eigenvalue weighted by Crippen LogP contribution is -2.42. The fraction of sp³-hybridized carbons (Fsp3) is 1.00. The zero-order chi connectivity index (χ0) is 12.7. The normalized spacial score (nSPS) is 18.2. The largest absolute Gasteiger partial charge is 0.384 e. The summed E-state index contributed by atoms with van der Waals surface area (Å²) in [6, 6.07) is 0. The Bertz CT molecular complexity index is 192. The number of hydrogen-bond acceptors (Lipinski definition) is 3. The van der Waals surface area contributed by atoms with Gasteiger partial charge in [-0.15, -0.1) is 0 Å². The summed E-state index contributed by atoms with van der Waals surface area (Å²) in [5, 5.41) is 0. The lowest BCUT2D eigenvalue weighted by Gasteiger charge is -2.37. The Morgan fingerprint density at radius 1 is 1.00 bits per heavy atom. The third-order valence-corrected chi connectivity index (χ3v) is 4.00. The van der Waals surface area contributed by atoms with Gasteiger partial charge in [-0.3, -0.25) is 0 Å². The van der Waals surface area contributed by atoms with Gasteiger partial charge in [0.15, 0.2) is 0 Å². The van der Waals surface area contributed by atoms with E-state index in [0.29, 0.717) is 25.2 Å². The molecule has 0 saturated heterocycles. The van der Waals surface area contributed by atoms with Gasteiger partial charge in [-0.2, -0.15) is 0 Å². The van der Waals surface area contributed by atoms with E-state index in [1.54, 1.807) is 14.2 Å². The minimum atomic E-state index is -0.00785. The number of ether oxygens (including phenoxy) is 3. The van der Waals surface area contributed by atoms with Crippen LogP contribution in [-0.2, 0) is 14.2 Å². The van der Waals surface area contributed by atoms with E-state index in [4.69, 9.17) is 14.2 Å². The van der Waals surface area contributed by atoms with E-state index in [2.05, 4.69) is 13.8 Å². The summed E-state index contributed by atoms with van der Waals surface area (Å²) in [6.45, 7) is 6.58. The van der Waals surface area contributed by atoms with Gasteiger partial charge < -0.3 is 14.2 Å². The quantitative estimate of drug-likeness (QED) is 0.657. The smallest absolute Gasteiger partial charge is 0.0575 e. The highest BCUT2D eigenvalue weighted by Crippen LogP contribution is 2.31. The maximum absolute atomic E-state index is 6.07. The molecule has 0 unspecified atom stereocenters. The molecule has 1 aliphatic rings. The van der Waals surface area contributed by atoms with Crippen molar-refractivity contribution < 1.29 is 14.2 Å². The highest BCUT2D eigenvalue weighted by molar-refractivity contribution is 4.83. The van der Waals surface area contributed by atoms with Crippen molar-refractivity contribution in [2.24, 2.45) is 11.3 Å². The maximum Gasteiger partial charge on any atom is 0.0575 e. The fourth-order valence-corrected chi connectivity index (χ4v) is 2.54. The van der Waals surface area contributed by atoms with E-state index >= 15 is 0 Å². The van der Waals surface area contributed by atoms with Crippen LogP contribution in [0.2, 0.25) is 0 Å². The van der Waals surface area contributed by atoms with Crippen molar-refractivity contribution in [3.8, 4) is 0 Å². The fourth-order valence-electron chi connectivity index (χ4n) is 2.54. The van der Waals surface area contributed by atoms with Gasteiger partial charge in [0, 0.05) is 19.6 Å². The van der Waals surface area contributed by atoms with Crippen molar-refractivity contribution in [1.29, 1.82) is 0 Å². The molecule has 0 radical (unpaired) electrons. The molecule has 0 N–H and O–H groups in total. The summed E-state index contributed by atoms with van der Waals surface area (Å²) in [7, 11) is 3.50. The Morgan fingerprint density at radius 3 is 1.94 bits per heavy atom. The third kappa shape index (κ3) is 4.23. The summed E-state index contributed by atoms with van der Waals surface area (Å²) >= 11 is 0. The minimum Gasteiger partial charge on any atom is -0.384 e. The van der Waals surface area contributed by atoms with Gasteiger partial charge in [-0.25, -0.2) is 0 Å². The van der Waals surface area contributed by atoms with E-state index in [-0.39, 0.29) is 5.41 Å². The zero-order valence-corrected chi connectivity index (χ0v) is 11.8. The van der Waals surface area contributed by atoms with Crippen LogP contribution >= 0.6 is 0 Å². The number of rotatable bonds is 8. The van der Waals surface area contributed by atoms with Crippen LogP contribution < -0.4 is 0 Å². The monoisotopic (exact) mass is 244 g/mol. The van der Waals surface area contributed by atoms with Gasteiger partial charge in [0.25, 0.3) is 0 Å². The standard InChI is InChI=1S/C14H28O3/c1-12(2)14(9-15-3,10-16-4)11-17-13-7-5-6-8-13/h12-13H,5-11H2,1-4H3. The topological polar surface area (TPSA) is 27.7 Å². The Hall–Kier alpha value is -0.120. The van der Waals surface area contributed by atoms with Crippen LogP contribution in [0.1, 0.15) is 39.5 Å². The van der Waals surface area contributed by atoms with Gasteiger partial charge in [-0.05, 0) is 18.8 Å². The van der Waals surface area contributed by atoms with Crippen molar-refractivity contribution in [1.82, 2.24) is 0 Å². The minimum absolute atomic E-state index is 0.00785. The third-order valence-electron chi connectivity index (χ3n) is 4.00. The summed E-state index contributed by atoms with van der Waals surface area (Å²) in [5.74, 6) is 0.490. The first kappa shape index (κ1) is 14.9. The molecule has 0 aliphatic heterocycles. The summed E-state index contributed by atoms with van der Waals surface area (Å²) in [5.41, 5.74) is -0.00785. The second-order valence-electron chi connectivity index (χ2n) is 5.60. The molecule has 17 heavy (non-hydrogen) atoms. The average molecular weight is 244 g/mol. The average Bonchev–Trinajstić information content (AvgIpc) is 2.79. The molecule has 3 nitrogen and oxygen atoms in total. The molecule has 1 saturated carbocycles. The molecule has 0 bridgehead atoms. The van der Waals surface area contributed by atoms with E-state index in [1.165, 1.54) is 25.7 Å². The molecule has 0 amide bonds. The molecule has 1 rings (SSSR count). The molecule has 3 heteroatoms. The Balaban J connectivity index is 2.53. The van der Waals surface area contributed by atoms with E-state index in [0.717, 1.165) is 6.61 Å². The molecule has 0 aromatic rings. The van der Waals surface area contributed by atoms with Crippen LogP contribution in [-0.4, -0.2) is 40.1 Å². The first-order chi connectivity index (χ1) is 8.14. The van der Waals surface area contributed by atoms with Crippen molar-refractivity contribution in [3.63, 3.8) is 0 Å². The van der Waals surface area contributed by atoms with E-state index < -0.39 is 0 Å². The predicted octanol–water partition coefficient (Wildman–Crippen LogP) is 2.88. The lowest BCUT2D eigenvalue weighted by molar-refractivity contribution is -0.0931. The van der Waals surface area contributed by atoms with E-state index in [9.17, 15) is 0 Å². The molecule has 0 aromatic carbocycles. The molecule has 1 aliphatic carbocycles. The molecular weight excluding hydrogens is 216 g/mol. The molecule has 102 valence electrons. The van der Waals surface area contributed by atoms with Crippen molar-refractivity contribution in [2.75, 3.05) is 34.0 Å². The first-order valence-electron chi connectivity index (χ1n) is 6.74. The maximum atomic E-state index is 6.07. The van der Waals surface area contributed by atoms with Gasteiger partial charge in [0.05, 0.1) is 25.9 Å². The highest BCUT2D eigenvalue weighted by Gasteiger charge is 2.35. The van der Waals surface area contributed by atoms with Crippen LogP contribution in [0, 0.1) is 11.3 Å². The Labute approximate surface area is 106 Å². The molecular formula is C14H28O3. The van der Waals surface area contributed by atoms with Crippen LogP contribution in [0.15, 0.2) is 0 Å². The molecule has 0 aromatic heterocycles. The second-order valence-corrected chi connectivity index (χ2v) is 5.60. The van der Waals surface area contributed by atoms with Crippen molar-refractivity contribution in [3.05, 3.63) is 0 Å². The SMILES string of the molecule is COCC(COC)(COC1CCCC1)C(C)C. The van der Waals surface area contributed by atoms with Crippen molar-refractivity contribution in [2.45, 2.75) is 45.6 Å².